The third-order valence-corrected chi connectivity index (χ3v) is 2.68. The smallest absolute Gasteiger partial charge is 0.246 e. The molecule has 0 spiro atoms. The molecule has 4 N–H and O–H groups in total. The van der Waals surface area contributed by atoms with E-state index in [0.717, 1.165) is 0 Å². The summed E-state index contributed by atoms with van der Waals surface area (Å²) >= 11 is 0. The van der Waals surface area contributed by atoms with Crippen LogP contribution >= 0.6 is 0 Å². The standard InChI is InChI=1S/C15H24N4O3/c1-4-16-15(18-11(2)10-22-3)17-9-14(21)19-12-5-7-13(20)8-6-12/h5-8,11,20H,4,9-10H2,1-3H3,(H,19,21)(H2,16,17,18). The maximum absolute atomic E-state index is 11.9. The van der Waals surface area contributed by atoms with E-state index in [4.69, 9.17) is 4.74 Å². The average molecular weight is 308 g/mol. The number of phenolic OH excluding ortho intramolecular Hbond substituents is 1. The van der Waals surface area contributed by atoms with Crippen LogP contribution in [0, 0.1) is 0 Å². The minimum absolute atomic E-state index is 0.00406. The number of guanidine groups is 1. The molecule has 1 atom stereocenters. The lowest BCUT2D eigenvalue weighted by Crippen LogP contribution is -2.44. The first-order chi connectivity index (χ1) is 10.5. The first kappa shape index (κ1) is 17.8. The summed E-state index contributed by atoms with van der Waals surface area (Å²) in [6.45, 7) is 5.16. The molecule has 1 unspecified atom stereocenters. The number of hydrogen-bond acceptors (Lipinski definition) is 4. The van der Waals surface area contributed by atoms with Crippen molar-refractivity contribution in [3.05, 3.63) is 24.3 Å². The van der Waals surface area contributed by atoms with Gasteiger partial charge in [0.1, 0.15) is 12.3 Å². The van der Waals surface area contributed by atoms with Crippen molar-refractivity contribution in [3.8, 4) is 5.75 Å². The van der Waals surface area contributed by atoms with E-state index in [-0.39, 0.29) is 24.2 Å². The highest BCUT2D eigenvalue weighted by Gasteiger charge is 2.06. The Bertz CT molecular complexity index is 488. The Morgan fingerprint density at radius 1 is 1.36 bits per heavy atom. The third kappa shape index (κ3) is 6.94. The Balaban J connectivity index is 2.53. The molecule has 7 nitrogen and oxygen atoms in total. The van der Waals surface area contributed by atoms with Crippen LogP contribution in [0.4, 0.5) is 5.69 Å². The number of phenols is 1. The molecule has 0 fully saturated rings. The third-order valence-electron chi connectivity index (χ3n) is 2.68. The molecule has 0 aliphatic heterocycles. The van der Waals surface area contributed by atoms with Crippen molar-refractivity contribution in [1.82, 2.24) is 10.6 Å². The summed E-state index contributed by atoms with van der Waals surface area (Å²) in [5, 5.41) is 18.1. The van der Waals surface area contributed by atoms with E-state index in [1.165, 1.54) is 12.1 Å². The summed E-state index contributed by atoms with van der Waals surface area (Å²) in [5.41, 5.74) is 0.615. The molecule has 1 rings (SSSR count). The topological polar surface area (TPSA) is 95.0 Å². The minimum atomic E-state index is -0.234. The molecule has 0 bridgehead atoms. The minimum Gasteiger partial charge on any atom is -0.508 e. The molecule has 0 heterocycles. The number of hydrogen-bond donors (Lipinski definition) is 4. The van der Waals surface area contributed by atoms with Crippen molar-refractivity contribution in [3.63, 3.8) is 0 Å². The van der Waals surface area contributed by atoms with Crippen molar-refractivity contribution in [2.75, 3.05) is 32.1 Å². The van der Waals surface area contributed by atoms with Crippen LogP contribution in [0.3, 0.4) is 0 Å². The van der Waals surface area contributed by atoms with E-state index in [0.29, 0.717) is 24.8 Å². The van der Waals surface area contributed by atoms with Crippen LogP contribution in [0.15, 0.2) is 29.3 Å². The lowest BCUT2D eigenvalue weighted by atomic mass is 10.3. The molecular formula is C15H24N4O3. The van der Waals surface area contributed by atoms with E-state index in [9.17, 15) is 9.90 Å². The van der Waals surface area contributed by atoms with Gasteiger partial charge in [-0.25, -0.2) is 4.99 Å². The Morgan fingerprint density at radius 3 is 2.64 bits per heavy atom. The molecule has 0 saturated heterocycles. The fourth-order valence-electron chi connectivity index (χ4n) is 1.74. The molecule has 1 aromatic rings. The quantitative estimate of drug-likeness (QED) is 0.341. The zero-order chi connectivity index (χ0) is 16.4. The van der Waals surface area contributed by atoms with Gasteiger partial charge in [-0.1, -0.05) is 0 Å². The number of aliphatic imine (C=N–C) groups is 1. The van der Waals surface area contributed by atoms with Gasteiger partial charge in [-0.15, -0.1) is 0 Å². The van der Waals surface area contributed by atoms with Crippen molar-refractivity contribution >= 4 is 17.6 Å². The molecule has 0 radical (unpaired) electrons. The van der Waals surface area contributed by atoms with Gasteiger partial charge < -0.3 is 25.8 Å². The summed E-state index contributed by atoms with van der Waals surface area (Å²) in [6, 6.07) is 6.36. The van der Waals surface area contributed by atoms with Crippen molar-refractivity contribution in [2.45, 2.75) is 19.9 Å². The fourth-order valence-corrected chi connectivity index (χ4v) is 1.74. The number of ether oxygens (including phenoxy) is 1. The van der Waals surface area contributed by atoms with Crippen LogP contribution in [0.2, 0.25) is 0 Å². The van der Waals surface area contributed by atoms with E-state index in [1.807, 2.05) is 13.8 Å². The monoisotopic (exact) mass is 308 g/mol. The second kappa shape index (κ2) is 9.62. The molecule has 22 heavy (non-hydrogen) atoms. The Kier molecular flexibility index (Phi) is 7.77. The maximum atomic E-state index is 11.9. The van der Waals surface area contributed by atoms with Crippen molar-refractivity contribution < 1.29 is 14.6 Å². The van der Waals surface area contributed by atoms with E-state index >= 15 is 0 Å². The van der Waals surface area contributed by atoms with Gasteiger partial charge in [-0.3, -0.25) is 4.79 Å². The Morgan fingerprint density at radius 2 is 2.05 bits per heavy atom. The van der Waals surface area contributed by atoms with Gasteiger partial charge in [-0.2, -0.15) is 0 Å². The van der Waals surface area contributed by atoms with Gasteiger partial charge in [0.05, 0.1) is 6.61 Å². The zero-order valence-electron chi connectivity index (χ0n) is 13.2. The second-order valence-corrected chi connectivity index (χ2v) is 4.79. The van der Waals surface area contributed by atoms with Gasteiger partial charge in [-0.05, 0) is 38.1 Å². The van der Waals surface area contributed by atoms with E-state index in [1.54, 1.807) is 19.2 Å². The largest absolute Gasteiger partial charge is 0.508 e. The summed E-state index contributed by atoms with van der Waals surface area (Å²) in [4.78, 5) is 16.1. The van der Waals surface area contributed by atoms with Gasteiger partial charge in [0.25, 0.3) is 0 Å². The van der Waals surface area contributed by atoms with Crippen LogP contribution in [0.5, 0.6) is 5.75 Å². The van der Waals surface area contributed by atoms with Gasteiger partial charge in [0.15, 0.2) is 5.96 Å². The predicted molar refractivity (Wildman–Crippen MR) is 87.2 cm³/mol. The SMILES string of the molecule is CCNC(=NCC(=O)Nc1ccc(O)cc1)NC(C)COC. The second-order valence-electron chi connectivity index (χ2n) is 4.79. The number of rotatable bonds is 7. The first-order valence-electron chi connectivity index (χ1n) is 7.17. The lowest BCUT2D eigenvalue weighted by Gasteiger charge is -2.16. The molecule has 122 valence electrons. The summed E-state index contributed by atoms with van der Waals surface area (Å²) in [7, 11) is 1.63. The van der Waals surface area contributed by atoms with Gasteiger partial charge >= 0.3 is 0 Å². The first-order valence-corrected chi connectivity index (χ1v) is 7.17. The summed E-state index contributed by atoms with van der Waals surface area (Å²) in [5.74, 6) is 0.483. The van der Waals surface area contributed by atoms with Crippen LogP contribution < -0.4 is 16.0 Å². The van der Waals surface area contributed by atoms with Crippen molar-refractivity contribution in [2.24, 2.45) is 4.99 Å². The number of benzene rings is 1. The molecule has 0 aliphatic rings. The average Bonchev–Trinajstić information content (AvgIpc) is 2.48. The number of carbonyl (C=O) groups excluding carboxylic acids is 1. The summed E-state index contributed by atoms with van der Waals surface area (Å²) < 4.78 is 5.05. The van der Waals surface area contributed by atoms with E-state index < -0.39 is 0 Å². The Hall–Kier alpha value is -2.28. The number of nitrogens with zero attached hydrogens (tertiary/aromatic N) is 1. The zero-order valence-corrected chi connectivity index (χ0v) is 13.2. The van der Waals surface area contributed by atoms with Crippen LogP contribution in [0.25, 0.3) is 0 Å². The van der Waals surface area contributed by atoms with Crippen LogP contribution in [0.1, 0.15) is 13.8 Å². The molecule has 0 aliphatic carbocycles. The molecule has 1 aromatic carbocycles. The molecule has 7 heteroatoms. The number of amides is 1. The fraction of sp³-hybridized carbons (Fsp3) is 0.467. The summed E-state index contributed by atoms with van der Waals surface area (Å²) in [6.07, 6.45) is 0. The van der Waals surface area contributed by atoms with E-state index in [2.05, 4.69) is 20.9 Å². The van der Waals surface area contributed by atoms with Crippen LogP contribution in [-0.4, -0.2) is 49.8 Å². The highest BCUT2D eigenvalue weighted by molar-refractivity contribution is 5.94. The molecular weight excluding hydrogens is 284 g/mol. The molecule has 1 amide bonds. The Labute approximate surface area is 130 Å². The number of aromatic hydroxyl groups is 1. The van der Waals surface area contributed by atoms with Crippen LogP contribution in [-0.2, 0) is 9.53 Å². The maximum Gasteiger partial charge on any atom is 0.246 e. The van der Waals surface area contributed by atoms with Gasteiger partial charge in [0, 0.05) is 25.4 Å². The normalized spacial score (nSPS) is 12.6. The highest BCUT2D eigenvalue weighted by atomic mass is 16.5. The van der Waals surface area contributed by atoms with Crippen molar-refractivity contribution in [1.29, 1.82) is 0 Å². The predicted octanol–water partition coefficient (Wildman–Crippen LogP) is 0.921. The number of methoxy groups -OCH3 is 1. The van der Waals surface area contributed by atoms with Gasteiger partial charge in [0.2, 0.25) is 5.91 Å². The lowest BCUT2D eigenvalue weighted by molar-refractivity contribution is -0.114. The number of carbonyl (C=O) groups is 1. The molecule has 0 saturated carbocycles. The highest BCUT2D eigenvalue weighted by Crippen LogP contribution is 2.13. The molecule has 0 aromatic heterocycles. The number of anilines is 1. The number of nitrogens with one attached hydrogen (secondary N) is 3.